The van der Waals surface area contributed by atoms with Gasteiger partial charge in [0.05, 0.1) is 0 Å². The minimum Gasteiger partial charge on any atom is -0.480 e. The summed E-state index contributed by atoms with van der Waals surface area (Å²) in [5, 5.41) is 12.0. The fourth-order valence-electron chi connectivity index (χ4n) is 6.79. The maximum atomic E-state index is 11.6. The summed E-state index contributed by atoms with van der Waals surface area (Å²) in [4.78, 5) is 23.1. The van der Waals surface area contributed by atoms with Crippen molar-refractivity contribution in [2.24, 2.45) is 46.8 Å². The Morgan fingerprint density at radius 1 is 1.26 bits per heavy atom. The maximum absolute atomic E-state index is 11.6. The molecule has 5 nitrogen and oxygen atoms in total. The molecule has 0 aromatic heterocycles. The van der Waals surface area contributed by atoms with E-state index >= 15 is 0 Å². The lowest BCUT2D eigenvalue weighted by Crippen LogP contribution is -3.08. The lowest BCUT2D eigenvalue weighted by molar-refractivity contribution is -0.617. The lowest BCUT2D eigenvalue weighted by Gasteiger charge is -3.08. The molecule has 1 atom stereocenters. The molecule has 5 heteroatoms. The fourth-order valence-corrected chi connectivity index (χ4v) is 6.79. The molecule has 0 saturated heterocycles. The largest absolute Gasteiger partial charge is 0.480 e. The molecule has 6 aliphatic carbocycles. The van der Waals surface area contributed by atoms with Gasteiger partial charge in [0.15, 0.2) is 0 Å². The van der Waals surface area contributed by atoms with Crippen molar-refractivity contribution in [2.45, 2.75) is 6.04 Å². The monoisotopic (exact) mass is 261 g/mol. The van der Waals surface area contributed by atoms with Gasteiger partial charge in [-0.25, -0.2) is 9.59 Å². The van der Waals surface area contributed by atoms with E-state index in [-0.39, 0.29) is 12.0 Å². The van der Waals surface area contributed by atoms with E-state index in [0.717, 1.165) is 23.7 Å². The number of hydrogen-bond acceptors (Lipinski definition) is 3. The molecule has 6 fully saturated rings. The van der Waals surface area contributed by atoms with Crippen molar-refractivity contribution in [3.8, 4) is 0 Å². The Balaban J connectivity index is 1.36. The second kappa shape index (κ2) is 2.67. The summed E-state index contributed by atoms with van der Waals surface area (Å²) in [6.07, 6.45) is 0.834. The van der Waals surface area contributed by atoms with Gasteiger partial charge in [-0.3, -0.25) is 0 Å². The smallest absolute Gasteiger partial charge is 0.408 e. The van der Waals surface area contributed by atoms with Crippen LogP contribution in [-0.4, -0.2) is 29.8 Å². The van der Waals surface area contributed by atoms with Gasteiger partial charge < -0.3 is 15.2 Å². The number of ether oxygens (including phenoxy) is 1. The fraction of sp³-hybridized carbons (Fsp3) is 0.714. The van der Waals surface area contributed by atoms with E-state index in [1.165, 1.54) is 6.08 Å². The Labute approximate surface area is 110 Å². The van der Waals surface area contributed by atoms with Gasteiger partial charge in [0, 0.05) is 5.41 Å². The highest BCUT2D eigenvalue weighted by Gasteiger charge is 3.05. The van der Waals surface area contributed by atoms with Crippen molar-refractivity contribution in [1.82, 2.24) is 5.32 Å². The van der Waals surface area contributed by atoms with Gasteiger partial charge in [0.2, 0.25) is 0 Å². The molecule has 1 amide bonds. The number of rotatable bonds is 5. The van der Waals surface area contributed by atoms with Gasteiger partial charge in [0.1, 0.15) is 12.6 Å². The second-order valence-electron chi connectivity index (χ2n) is 6.69. The molecule has 0 spiro atoms. The SMILES string of the molecule is C=CCOC(=O)NC(C(=O)O)C12C3C4C5C3C1C5C42. The topological polar surface area (TPSA) is 75.6 Å². The minimum atomic E-state index is -0.911. The standard InChI is InChI=1S/C14H15NO4/c1-2-3-19-13(18)15-11(12(16)17)14-8-5-4-6(8)10(14)7(4)9(5)14/h2,4-11H,1,3H2,(H,15,18)(H,16,17). The van der Waals surface area contributed by atoms with Crippen LogP contribution in [0.1, 0.15) is 0 Å². The summed E-state index contributed by atoms with van der Waals surface area (Å²) in [5.41, 5.74) is -0.103. The number of amides is 1. The van der Waals surface area contributed by atoms with Crippen LogP contribution in [-0.2, 0) is 9.53 Å². The van der Waals surface area contributed by atoms with E-state index in [1.807, 2.05) is 0 Å². The van der Waals surface area contributed by atoms with Gasteiger partial charge >= 0.3 is 12.1 Å². The summed E-state index contributed by atoms with van der Waals surface area (Å²) in [7, 11) is 0. The molecule has 0 aliphatic heterocycles. The van der Waals surface area contributed by atoms with Crippen molar-refractivity contribution in [2.75, 3.05) is 6.61 Å². The zero-order valence-electron chi connectivity index (χ0n) is 10.3. The van der Waals surface area contributed by atoms with Crippen molar-refractivity contribution in [3.63, 3.8) is 0 Å². The number of nitrogens with one attached hydrogen (secondary N) is 1. The summed E-state index contributed by atoms with van der Waals surface area (Å²) in [6, 6.07) is -0.755. The minimum absolute atomic E-state index is 0.103. The number of carbonyl (C=O) groups is 2. The van der Waals surface area contributed by atoms with Crippen LogP contribution in [0, 0.1) is 46.8 Å². The molecule has 0 radical (unpaired) electrons. The third-order valence-electron chi connectivity index (χ3n) is 6.89. The van der Waals surface area contributed by atoms with Crippen LogP contribution in [0.25, 0.3) is 0 Å². The van der Waals surface area contributed by atoms with Gasteiger partial charge in [-0.2, -0.15) is 0 Å². The van der Waals surface area contributed by atoms with Crippen molar-refractivity contribution in [1.29, 1.82) is 0 Å². The highest BCUT2D eigenvalue weighted by molar-refractivity contribution is 5.83. The molecular weight excluding hydrogens is 246 g/mol. The van der Waals surface area contributed by atoms with E-state index in [0.29, 0.717) is 17.8 Å². The van der Waals surface area contributed by atoms with Crippen LogP contribution in [0.5, 0.6) is 0 Å². The normalized spacial score (nSPS) is 56.9. The first-order chi connectivity index (χ1) is 9.15. The summed E-state index contributed by atoms with van der Waals surface area (Å²) < 4.78 is 4.86. The lowest BCUT2D eigenvalue weighted by atomic mass is 8.96. The molecule has 1 unspecified atom stereocenters. The molecule has 0 aromatic rings. The van der Waals surface area contributed by atoms with Crippen LogP contribution in [0.4, 0.5) is 4.79 Å². The first-order valence-electron chi connectivity index (χ1n) is 6.92. The molecule has 0 aromatic carbocycles. The Morgan fingerprint density at radius 2 is 1.84 bits per heavy atom. The van der Waals surface area contributed by atoms with Crippen LogP contribution in [0.3, 0.4) is 0 Å². The van der Waals surface area contributed by atoms with Gasteiger partial charge in [-0.05, 0) is 41.4 Å². The molecule has 6 aliphatic rings. The molecule has 0 bridgehead atoms. The predicted molar refractivity (Wildman–Crippen MR) is 63.0 cm³/mol. The number of carboxylic acids is 1. The second-order valence-corrected chi connectivity index (χ2v) is 6.69. The molecule has 2 N–H and O–H groups in total. The van der Waals surface area contributed by atoms with E-state index in [1.54, 1.807) is 0 Å². The van der Waals surface area contributed by atoms with Crippen LogP contribution in [0.2, 0.25) is 0 Å². The van der Waals surface area contributed by atoms with E-state index in [9.17, 15) is 14.7 Å². The maximum Gasteiger partial charge on any atom is 0.408 e. The average molecular weight is 261 g/mol. The Hall–Kier alpha value is -1.52. The van der Waals surface area contributed by atoms with Gasteiger partial charge in [-0.15, -0.1) is 0 Å². The van der Waals surface area contributed by atoms with Crippen LogP contribution in [0.15, 0.2) is 12.7 Å². The number of aliphatic carboxylic acids is 1. The van der Waals surface area contributed by atoms with Gasteiger partial charge in [-0.1, -0.05) is 12.7 Å². The number of alkyl carbamates (subject to hydrolysis) is 1. The molecule has 6 rings (SSSR count). The Kier molecular flexibility index (Phi) is 1.44. The highest BCUT2D eigenvalue weighted by atomic mass is 16.5. The molecule has 6 saturated carbocycles. The third kappa shape index (κ3) is 0.696. The highest BCUT2D eigenvalue weighted by Crippen LogP contribution is 3.06. The predicted octanol–water partition coefficient (Wildman–Crippen LogP) is 0.720. The van der Waals surface area contributed by atoms with Crippen molar-refractivity contribution in [3.05, 3.63) is 12.7 Å². The van der Waals surface area contributed by atoms with E-state index < -0.39 is 18.1 Å². The summed E-state index contributed by atoms with van der Waals surface area (Å²) in [5.74, 6) is 4.17. The quantitative estimate of drug-likeness (QED) is 0.715. The molecule has 19 heavy (non-hydrogen) atoms. The van der Waals surface area contributed by atoms with Crippen LogP contribution < -0.4 is 5.32 Å². The zero-order valence-corrected chi connectivity index (χ0v) is 10.3. The number of carbonyl (C=O) groups excluding carboxylic acids is 1. The average Bonchev–Trinajstić information content (AvgIpc) is 2.42. The van der Waals surface area contributed by atoms with Crippen molar-refractivity contribution < 1.29 is 19.4 Å². The molecule has 0 heterocycles. The molecular formula is C14H15NO4. The summed E-state index contributed by atoms with van der Waals surface area (Å²) >= 11 is 0. The van der Waals surface area contributed by atoms with E-state index in [2.05, 4.69) is 11.9 Å². The van der Waals surface area contributed by atoms with E-state index in [4.69, 9.17) is 4.74 Å². The number of carboxylic acid groups (broad SMARTS) is 1. The third-order valence-corrected chi connectivity index (χ3v) is 6.89. The Morgan fingerprint density at radius 3 is 2.32 bits per heavy atom. The first kappa shape index (κ1) is 10.3. The Bertz CT molecular complexity index is 491. The number of hydrogen-bond donors (Lipinski definition) is 2. The molecule has 100 valence electrons. The van der Waals surface area contributed by atoms with Gasteiger partial charge in [0.25, 0.3) is 0 Å². The van der Waals surface area contributed by atoms with Crippen LogP contribution >= 0.6 is 0 Å². The zero-order chi connectivity index (χ0) is 13.1. The first-order valence-corrected chi connectivity index (χ1v) is 6.92. The van der Waals surface area contributed by atoms with Crippen molar-refractivity contribution >= 4 is 12.1 Å². The summed E-state index contributed by atoms with van der Waals surface area (Å²) in [6.45, 7) is 3.57.